The van der Waals surface area contributed by atoms with Crippen molar-refractivity contribution in [1.29, 1.82) is 0 Å². The number of carbonyl (C=O) groups excluding carboxylic acids is 1. The van der Waals surface area contributed by atoms with Gasteiger partial charge in [-0.25, -0.2) is 4.79 Å². The van der Waals surface area contributed by atoms with Gasteiger partial charge in [0.25, 0.3) is 0 Å². The van der Waals surface area contributed by atoms with Crippen LogP contribution in [0.5, 0.6) is 0 Å². The van der Waals surface area contributed by atoms with Crippen LogP contribution in [0.1, 0.15) is 46.0 Å². The summed E-state index contributed by atoms with van der Waals surface area (Å²) in [5.74, 6) is -0.362. The first-order chi connectivity index (χ1) is 8.50. The van der Waals surface area contributed by atoms with Crippen LogP contribution in [0.4, 0.5) is 4.79 Å². The SMILES string of the molecule is CC(C)CNC(=O)N1CCCCC1CCC(=O)O. The van der Waals surface area contributed by atoms with Gasteiger partial charge in [0, 0.05) is 25.6 Å². The molecule has 5 heteroatoms. The number of carboxylic acids is 1. The summed E-state index contributed by atoms with van der Waals surface area (Å²) in [6, 6.07) is 0.0424. The van der Waals surface area contributed by atoms with E-state index >= 15 is 0 Å². The van der Waals surface area contributed by atoms with Crippen LogP contribution in [0.2, 0.25) is 0 Å². The van der Waals surface area contributed by atoms with Gasteiger partial charge in [0.15, 0.2) is 0 Å². The van der Waals surface area contributed by atoms with Crippen molar-refractivity contribution in [2.45, 2.75) is 52.0 Å². The van der Waals surface area contributed by atoms with E-state index in [2.05, 4.69) is 19.2 Å². The Labute approximate surface area is 109 Å². The third kappa shape index (κ3) is 4.94. The van der Waals surface area contributed by atoms with Crippen molar-refractivity contribution in [1.82, 2.24) is 10.2 Å². The highest BCUT2D eigenvalue weighted by Gasteiger charge is 2.26. The number of amides is 2. The number of carbonyl (C=O) groups is 2. The van der Waals surface area contributed by atoms with Gasteiger partial charge in [-0.05, 0) is 31.6 Å². The van der Waals surface area contributed by atoms with Crippen molar-refractivity contribution >= 4 is 12.0 Å². The first-order valence-corrected chi connectivity index (χ1v) is 6.77. The summed E-state index contributed by atoms with van der Waals surface area (Å²) >= 11 is 0. The maximum Gasteiger partial charge on any atom is 0.317 e. The fourth-order valence-corrected chi connectivity index (χ4v) is 2.25. The molecule has 1 rings (SSSR count). The summed E-state index contributed by atoms with van der Waals surface area (Å²) in [7, 11) is 0. The zero-order valence-electron chi connectivity index (χ0n) is 11.3. The van der Waals surface area contributed by atoms with E-state index in [0.717, 1.165) is 25.8 Å². The van der Waals surface area contributed by atoms with Crippen molar-refractivity contribution in [3.8, 4) is 0 Å². The van der Waals surface area contributed by atoms with Crippen molar-refractivity contribution in [3.63, 3.8) is 0 Å². The molecule has 0 aromatic heterocycles. The number of piperidine rings is 1. The Kier molecular flexibility index (Phi) is 5.95. The molecule has 0 aromatic carbocycles. The van der Waals surface area contributed by atoms with Gasteiger partial charge in [0.05, 0.1) is 0 Å². The van der Waals surface area contributed by atoms with Crippen molar-refractivity contribution in [2.24, 2.45) is 5.92 Å². The highest BCUT2D eigenvalue weighted by molar-refractivity contribution is 5.74. The van der Waals surface area contributed by atoms with E-state index in [1.807, 2.05) is 4.90 Å². The molecule has 5 nitrogen and oxygen atoms in total. The Balaban J connectivity index is 2.47. The van der Waals surface area contributed by atoms with Gasteiger partial charge < -0.3 is 15.3 Å². The number of nitrogens with zero attached hydrogens (tertiary/aromatic N) is 1. The van der Waals surface area contributed by atoms with Gasteiger partial charge in [0.2, 0.25) is 0 Å². The number of carboxylic acid groups (broad SMARTS) is 1. The summed E-state index contributed by atoms with van der Waals surface area (Å²) in [6.45, 7) is 5.52. The van der Waals surface area contributed by atoms with E-state index in [-0.39, 0.29) is 18.5 Å². The van der Waals surface area contributed by atoms with Crippen LogP contribution in [0, 0.1) is 5.92 Å². The second kappa shape index (κ2) is 7.24. The van der Waals surface area contributed by atoms with Crippen LogP contribution in [0.3, 0.4) is 0 Å². The predicted octanol–water partition coefficient (Wildman–Crippen LogP) is 2.07. The quantitative estimate of drug-likeness (QED) is 0.791. The molecule has 104 valence electrons. The summed E-state index contributed by atoms with van der Waals surface area (Å²) < 4.78 is 0. The minimum absolute atomic E-state index is 0.0428. The molecule has 0 aromatic rings. The number of hydrogen-bond acceptors (Lipinski definition) is 2. The number of likely N-dealkylation sites (tertiary alicyclic amines) is 1. The van der Waals surface area contributed by atoms with Gasteiger partial charge in [-0.15, -0.1) is 0 Å². The summed E-state index contributed by atoms with van der Waals surface area (Å²) in [4.78, 5) is 24.5. The Morgan fingerprint density at radius 2 is 2.11 bits per heavy atom. The molecule has 1 fully saturated rings. The molecule has 0 bridgehead atoms. The number of rotatable bonds is 5. The number of urea groups is 1. The standard InChI is InChI=1S/C13H24N2O3/c1-10(2)9-14-13(18)15-8-4-3-5-11(15)6-7-12(16)17/h10-11H,3-9H2,1-2H3,(H,14,18)(H,16,17). The fraction of sp³-hybridized carbons (Fsp3) is 0.846. The third-order valence-electron chi connectivity index (χ3n) is 3.24. The Morgan fingerprint density at radius 1 is 1.39 bits per heavy atom. The minimum atomic E-state index is -0.789. The van der Waals surface area contributed by atoms with Gasteiger partial charge in [-0.3, -0.25) is 4.79 Å². The zero-order chi connectivity index (χ0) is 13.5. The number of nitrogens with one attached hydrogen (secondary N) is 1. The zero-order valence-corrected chi connectivity index (χ0v) is 11.3. The van der Waals surface area contributed by atoms with Crippen molar-refractivity contribution in [2.75, 3.05) is 13.1 Å². The molecular formula is C13H24N2O3. The topological polar surface area (TPSA) is 69.6 Å². The molecule has 1 aliphatic heterocycles. The molecule has 0 spiro atoms. The minimum Gasteiger partial charge on any atom is -0.481 e. The van der Waals surface area contributed by atoms with Gasteiger partial charge >= 0.3 is 12.0 Å². The highest BCUT2D eigenvalue weighted by Crippen LogP contribution is 2.20. The largest absolute Gasteiger partial charge is 0.481 e. The summed E-state index contributed by atoms with van der Waals surface area (Å²) in [5.41, 5.74) is 0. The lowest BCUT2D eigenvalue weighted by Gasteiger charge is -2.35. The molecule has 0 saturated carbocycles. The van der Waals surface area contributed by atoms with Crippen LogP contribution in [-0.4, -0.2) is 41.1 Å². The lowest BCUT2D eigenvalue weighted by molar-refractivity contribution is -0.137. The molecule has 0 aliphatic carbocycles. The Morgan fingerprint density at radius 3 is 2.72 bits per heavy atom. The van der Waals surface area contributed by atoms with Gasteiger partial charge in [-0.2, -0.15) is 0 Å². The average molecular weight is 256 g/mol. The third-order valence-corrected chi connectivity index (χ3v) is 3.24. The molecule has 1 unspecified atom stereocenters. The fourth-order valence-electron chi connectivity index (χ4n) is 2.25. The number of hydrogen-bond donors (Lipinski definition) is 2. The maximum absolute atomic E-state index is 12.0. The second-order valence-electron chi connectivity index (χ2n) is 5.36. The Hall–Kier alpha value is -1.26. The van der Waals surface area contributed by atoms with E-state index in [4.69, 9.17) is 5.11 Å². The lowest BCUT2D eigenvalue weighted by Crippen LogP contribution is -2.49. The molecule has 1 saturated heterocycles. The monoisotopic (exact) mass is 256 g/mol. The molecule has 18 heavy (non-hydrogen) atoms. The van der Waals surface area contributed by atoms with Crippen molar-refractivity contribution in [3.05, 3.63) is 0 Å². The maximum atomic E-state index is 12.0. The first kappa shape index (κ1) is 14.8. The van der Waals surface area contributed by atoms with Crippen LogP contribution >= 0.6 is 0 Å². The van der Waals surface area contributed by atoms with E-state index in [1.165, 1.54) is 0 Å². The van der Waals surface area contributed by atoms with E-state index in [9.17, 15) is 9.59 Å². The Bertz CT molecular complexity index is 292. The van der Waals surface area contributed by atoms with Crippen LogP contribution in [0.25, 0.3) is 0 Å². The smallest absolute Gasteiger partial charge is 0.317 e. The van der Waals surface area contributed by atoms with E-state index in [1.54, 1.807) is 0 Å². The predicted molar refractivity (Wildman–Crippen MR) is 69.5 cm³/mol. The molecule has 2 amide bonds. The molecule has 2 N–H and O–H groups in total. The normalized spacial score (nSPS) is 19.9. The van der Waals surface area contributed by atoms with Crippen LogP contribution in [0.15, 0.2) is 0 Å². The first-order valence-electron chi connectivity index (χ1n) is 6.77. The molecule has 1 atom stereocenters. The summed E-state index contributed by atoms with van der Waals surface area (Å²) in [5, 5.41) is 11.6. The average Bonchev–Trinajstić information content (AvgIpc) is 2.33. The lowest BCUT2D eigenvalue weighted by atomic mass is 9.98. The highest BCUT2D eigenvalue weighted by atomic mass is 16.4. The summed E-state index contributed by atoms with van der Waals surface area (Å²) in [6.07, 6.45) is 3.71. The van der Waals surface area contributed by atoms with Crippen molar-refractivity contribution < 1.29 is 14.7 Å². The van der Waals surface area contributed by atoms with Crippen LogP contribution < -0.4 is 5.32 Å². The second-order valence-corrected chi connectivity index (χ2v) is 5.36. The molecular weight excluding hydrogens is 232 g/mol. The van der Waals surface area contributed by atoms with Crippen LogP contribution in [-0.2, 0) is 4.79 Å². The number of aliphatic carboxylic acids is 1. The molecule has 1 heterocycles. The molecule has 0 radical (unpaired) electrons. The van der Waals surface area contributed by atoms with E-state index in [0.29, 0.717) is 18.9 Å². The van der Waals surface area contributed by atoms with Gasteiger partial charge in [-0.1, -0.05) is 13.8 Å². The molecule has 1 aliphatic rings. The van der Waals surface area contributed by atoms with Gasteiger partial charge in [0.1, 0.15) is 0 Å². The van der Waals surface area contributed by atoms with E-state index < -0.39 is 5.97 Å².